The fourth-order valence-corrected chi connectivity index (χ4v) is 4.36. The zero-order chi connectivity index (χ0) is 13.6. The molecule has 0 amide bonds. The molecule has 6 heteroatoms. The van der Waals surface area contributed by atoms with E-state index < -0.39 is 17.8 Å². The van der Waals surface area contributed by atoms with Gasteiger partial charge in [-0.15, -0.1) is 0 Å². The van der Waals surface area contributed by atoms with Crippen molar-refractivity contribution in [3.8, 4) is 0 Å². The summed E-state index contributed by atoms with van der Waals surface area (Å²) in [6.07, 6.45) is -2.68. The molecule has 0 aromatic heterocycles. The summed E-state index contributed by atoms with van der Waals surface area (Å²) in [5, 5.41) is 0. The summed E-state index contributed by atoms with van der Waals surface area (Å²) in [6.45, 7) is 4.78. The second-order valence-corrected chi connectivity index (χ2v) is 7.21. The predicted molar refractivity (Wildman–Crippen MR) is 71.5 cm³/mol. The molecule has 1 aliphatic heterocycles. The van der Waals surface area contributed by atoms with Gasteiger partial charge in [-0.3, -0.25) is 4.90 Å². The van der Waals surface area contributed by atoms with E-state index in [9.17, 15) is 13.2 Å². The lowest BCUT2D eigenvalue weighted by Crippen LogP contribution is -2.52. The highest BCUT2D eigenvalue weighted by Gasteiger charge is 2.53. The number of ether oxygens (including phenoxy) is 1. The van der Waals surface area contributed by atoms with E-state index in [-0.39, 0.29) is 16.9 Å². The lowest BCUT2D eigenvalue weighted by atomic mass is 9.82. The Morgan fingerprint density at radius 1 is 1.33 bits per heavy atom. The molecule has 18 heavy (non-hydrogen) atoms. The third kappa shape index (κ3) is 2.65. The van der Waals surface area contributed by atoms with Gasteiger partial charge in [0.1, 0.15) is 5.72 Å². The van der Waals surface area contributed by atoms with Gasteiger partial charge in [-0.2, -0.15) is 13.2 Å². The van der Waals surface area contributed by atoms with Gasteiger partial charge in [0.15, 0.2) is 0 Å². The fraction of sp³-hybridized carbons (Fsp3) is 1.00. The zero-order valence-electron chi connectivity index (χ0n) is 10.6. The largest absolute Gasteiger partial charge is 0.391 e. The highest BCUT2D eigenvalue weighted by atomic mass is 127. The molecule has 2 aliphatic rings. The Labute approximate surface area is 119 Å². The third-order valence-corrected chi connectivity index (χ3v) is 4.75. The molecular weight excluding hydrogens is 358 g/mol. The summed E-state index contributed by atoms with van der Waals surface area (Å²) in [4.78, 5) is 2.25. The highest BCUT2D eigenvalue weighted by Crippen LogP contribution is 2.47. The molecule has 2 fully saturated rings. The Morgan fingerprint density at radius 3 is 2.33 bits per heavy atom. The van der Waals surface area contributed by atoms with Crippen LogP contribution in [-0.2, 0) is 4.74 Å². The predicted octanol–water partition coefficient (Wildman–Crippen LogP) is 3.94. The van der Waals surface area contributed by atoms with Crippen molar-refractivity contribution in [2.24, 2.45) is 5.92 Å². The topological polar surface area (TPSA) is 12.5 Å². The van der Waals surface area contributed by atoms with E-state index in [0.717, 1.165) is 0 Å². The normalized spacial score (nSPS) is 40.3. The Balaban J connectivity index is 2.07. The quantitative estimate of drug-likeness (QED) is 0.390. The Morgan fingerprint density at radius 2 is 1.89 bits per heavy atom. The van der Waals surface area contributed by atoms with Crippen LogP contribution in [0.2, 0.25) is 0 Å². The lowest BCUT2D eigenvalue weighted by Gasteiger charge is -2.45. The van der Waals surface area contributed by atoms with Crippen LogP contribution in [0.3, 0.4) is 0 Å². The highest BCUT2D eigenvalue weighted by molar-refractivity contribution is 14.1. The molecule has 106 valence electrons. The maximum absolute atomic E-state index is 12.7. The van der Waals surface area contributed by atoms with Gasteiger partial charge in [-0.05, 0) is 39.5 Å². The first-order valence-corrected chi connectivity index (χ1v) is 7.64. The molecule has 2 nitrogen and oxygen atoms in total. The summed E-state index contributed by atoms with van der Waals surface area (Å²) in [5.74, 6) is -1.14. The smallest absolute Gasteiger partial charge is 0.359 e. The maximum Gasteiger partial charge on any atom is 0.391 e. The first-order chi connectivity index (χ1) is 8.26. The molecule has 0 aromatic carbocycles. The Kier molecular flexibility index (Phi) is 4.19. The van der Waals surface area contributed by atoms with Crippen LogP contribution in [0.1, 0.15) is 39.5 Å². The van der Waals surface area contributed by atoms with Crippen molar-refractivity contribution >= 4 is 22.6 Å². The zero-order valence-corrected chi connectivity index (χ0v) is 12.8. The number of hydrogen-bond acceptors (Lipinski definition) is 2. The van der Waals surface area contributed by atoms with Gasteiger partial charge in [0.25, 0.3) is 0 Å². The second-order valence-electron chi connectivity index (χ2n) is 5.40. The number of nitrogens with zero attached hydrogens (tertiary/aromatic N) is 1. The molecule has 0 bridgehead atoms. The molecule has 2 unspecified atom stereocenters. The molecule has 2 atom stereocenters. The molecule has 1 saturated heterocycles. The average molecular weight is 377 g/mol. The van der Waals surface area contributed by atoms with Crippen LogP contribution < -0.4 is 0 Å². The monoisotopic (exact) mass is 377 g/mol. The van der Waals surface area contributed by atoms with Gasteiger partial charge < -0.3 is 4.74 Å². The Hall–Kier alpha value is 0.440. The van der Waals surface area contributed by atoms with E-state index in [1.165, 1.54) is 0 Å². The van der Waals surface area contributed by atoms with Crippen molar-refractivity contribution < 1.29 is 17.9 Å². The summed E-state index contributed by atoms with van der Waals surface area (Å²) < 4.78 is 44.2. The van der Waals surface area contributed by atoms with Gasteiger partial charge >= 0.3 is 6.18 Å². The van der Waals surface area contributed by atoms with Crippen LogP contribution in [0, 0.1) is 5.92 Å². The van der Waals surface area contributed by atoms with Gasteiger partial charge in [-0.25, -0.2) is 0 Å². The number of alkyl halides is 4. The van der Waals surface area contributed by atoms with Crippen LogP contribution in [-0.4, -0.2) is 33.5 Å². The lowest BCUT2D eigenvalue weighted by molar-refractivity contribution is -0.205. The van der Waals surface area contributed by atoms with E-state index >= 15 is 0 Å². The van der Waals surface area contributed by atoms with E-state index in [1.807, 2.05) is 0 Å². The minimum Gasteiger partial charge on any atom is -0.359 e. The first-order valence-electron chi connectivity index (χ1n) is 6.39. The number of rotatable bonds is 1. The fourth-order valence-electron chi connectivity index (χ4n) is 3.31. The van der Waals surface area contributed by atoms with Crippen LogP contribution in [0.4, 0.5) is 13.2 Å². The second kappa shape index (κ2) is 5.09. The average Bonchev–Trinajstić information content (AvgIpc) is 2.55. The van der Waals surface area contributed by atoms with Crippen molar-refractivity contribution in [3.63, 3.8) is 0 Å². The first kappa shape index (κ1) is 14.8. The van der Waals surface area contributed by atoms with E-state index in [4.69, 9.17) is 4.74 Å². The van der Waals surface area contributed by atoms with Crippen LogP contribution in [0.25, 0.3) is 0 Å². The minimum atomic E-state index is -4.05. The summed E-state index contributed by atoms with van der Waals surface area (Å²) in [5.41, 5.74) is -0.443. The molecule has 2 rings (SSSR count). The molecule has 0 radical (unpaired) electrons. The standard InChI is InChI=1S/C12H19F3INO/c1-8-7-18-11(17(8)9(2)16)5-3-10(4-6-11)12(13,14)15/h8-10H,3-7H2,1-2H3. The molecule has 1 heterocycles. The number of halogens is 4. The van der Waals surface area contributed by atoms with Gasteiger partial charge in [-0.1, -0.05) is 22.6 Å². The van der Waals surface area contributed by atoms with Crippen molar-refractivity contribution in [1.82, 2.24) is 4.90 Å². The third-order valence-electron chi connectivity index (χ3n) is 4.15. The van der Waals surface area contributed by atoms with Crippen molar-refractivity contribution in [1.29, 1.82) is 0 Å². The van der Waals surface area contributed by atoms with Gasteiger partial charge in [0, 0.05) is 6.04 Å². The van der Waals surface area contributed by atoms with Crippen molar-refractivity contribution in [2.75, 3.05) is 6.61 Å². The van der Waals surface area contributed by atoms with Crippen molar-refractivity contribution in [3.05, 3.63) is 0 Å². The molecule has 0 N–H and O–H groups in total. The van der Waals surface area contributed by atoms with Gasteiger partial charge in [0.2, 0.25) is 0 Å². The molecule has 1 spiro atoms. The summed E-state index contributed by atoms with van der Waals surface area (Å²) in [7, 11) is 0. The molecule has 1 aliphatic carbocycles. The SMILES string of the molecule is CC(I)N1C(C)COC12CCC(C(F)(F)F)CC2. The minimum absolute atomic E-state index is 0.191. The molecule has 0 aromatic rings. The van der Waals surface area contributed by atoms with E-state index in [2.05, 4.69) is 41.3 Å². The van der Waals surface area contributed by atoms with Crippen LogP contribution >= 0.6 is 22.6 Å². The summed E-state index contributed by atoms with van der Waals surface area (Å²) in [6, 6.07) is 0.291. The van der Waals surface area contributed by atoms with E-state index in [1.54, 1.807) is 0 Å². The maximum atomic E-state index is 12.7. The molecular formula is C12H19F3INO. The van der Waals surface area contributed by atoms with Gasteiger partial charge in [0.05, 0.1) is 16.6 Å². The Bertz CT molecular complexity index is 300. The molecule has 1 saturated carbocycles. The van der Waals surface area contributed by atoms with E-state index in [0.29, 0.717) is 25.5 Å². The summed E-state index contributed by atoms with van der Waals surface area (Å²) >= 11 is 2.32. The van der Waals surface area contributed by atoms with Crippen LogP contribution in [0.15, 0.2) is 0 Å². The number of hydrogen-bond donors (Lipinski definition) is 0. The van der Waals surface area contributed by atoms with Crippen LogP contribution in [0.5, 0.6) is 0 Å². The van der Waals surface area contributed by atoms with Crippen molar-refractivity contribution in [2.45, 2.75) is 61.5 Å².